The molecule has 10 heteroatoms. The Kier molecular flexibility index (Phi) is 9.89. The molecule has 3 atom stereocenters. The number of rotatable bonds is 13. The number of unbranched alkanes of at least 4 members (excludes halogenated alkanes) is 1. The van der Waals surface area contributed by atoms with Crippen molar-refractivity contribution in [1.29, 1.82) is 0 Å². The third-order valence-electron chi connectivity index (χ3n) is 9.56. The van der Waals surface area contributed by atoms with Crippen molar-refractivity contribution in [3.05, 3.63) is 131 Å². The summed E-state index contributed by atoms with van der Waals surface area (Å²) >= 11 is 0. The molecule has 1 heterocycles. The number of nitrogens with one attached hydrogen (secondary N) is 4. The molecule has 3 aliphatic rings. The fourth-order valence-corrected chi connectivity index (χ4v) is 6.97. The molecule has 0 bridgehead atoms. The number of hydrogen-bond acceptors (Lipinski definition) is 6. The van der Waals surface area contributed by atoms with Crippen LogP contribution in [0.1, 0.15) is 53.1 Å². The normalized spacial score (nSPS) is 17.8. The van der Waals surface area contributed by atoms with Crippen LogP contribution >= 0.6 is 0 Å². The van der Waals surface area contributed by atoms with Crippen molar-refractivity contribution < 1.29 is 28.7 Å². The second-order valence-electron chi connectivity index (χ2n) is 13.0. The Labute approximate surface area is 290 Å². The molecule has 4 N–H and O–H groups in total. The van der Waals surface area contributed by atoms with Gasteiger partial charge >= 0.3 is 6.09 Å². The summed E-state index contributed by atoms with van der Waals surface area (Å²) in [5.41, 5.74) is 7.41. The predicted octanol–water partition coefficient (Wildman–Crippen LogP) is 4.51. The van der Waals surface area contributed by atoms with Crippen molar-refractivity contribution in [2.75, 3.05) is 6.54 Å². The molecule has 4 aromatic rings. The van der Waals surface area contributed by atoms with Crippen molar-refractivity contribution in [1.82, 2.24) is 21.3 Å². The highest BCUT2D eigenvalue weighted by atomic mass is 16.6. The van der Waals surface area contributed by atoms with Crippen LogP contribution in [0.2, 0.25) is 0 Å². The lowest BCUT2D eigenvalue weighted by Gasteiger charge is -2.22. The number of alkyl carbamates (subject to hydrolysis) is 1. The van der Waals surface area contributed by atoms with E-state index in [1.807, 2.05) is 91.0 Å². The van der Waals surface area contributed by atoms with E-state index in [1.165, 1.54) is 11.1 Å². The zero-order valence-corrected chi connectivity index (χ0v) is 27.6. The maximum absolute atomic E-state index is 13.9. The maximum atomic E-state index is 13.9. The standard InChI is InChI=1S/C40H40N4O6/c45-37(44-34-31-18-8-6-16-29(31)30-17-7-9-19-32(30)34)33(20-10-11-21-41-40(48)49-24-25-12-2-1-3-13-25)43-39(47)36-35(50-36)38(46)42-28-22-26-14-4-5-15-27(26)23-28/h1-9,12-19,28,33-36H,10-11,20-24H2,(H,41,48)(H,42,46)(H,43,47)(H,44,45)/t33-,35-,36-/m0/s1. The second-order valence-corrected chi connectivity index (χ2v) is 13.0. The van der Waals surface area contributed by atoms with Gasteiger partial charge < -0.3 is 30.7 Å². The van der Waals surface area contributed by atoms with E-state index in [2.05, 4.69) is 33.4 Å². The van der Waals surface area contributed by atoms with Crippen LogP contribution in [-0.4, -0.2) is 54.7 Å². The summed E-state index contributed by atoms with van der Waals surface area (Å²) in [7, 11) is 0. The first-order chi connectivity index (χ1) is 24.4. The molecule has 256 valence electrons. The lowest BCUT2D eigenvalue weighted by molar-refractivity contribution is -0.130. The first-order valence-electron chi connectivity index (χ1n) is 17.2. The van der Waals surface area contributed by atoms with Crippen LogP contribution in [0.25, 0.3) is 11.1 Å². The van der Waals surface area contributed by atoms with Crippen LogP contribution < -0.4 is 21.3 Å². The molecular weight excluding hydrogens is 632 g/mol. The Morgan fingerprint density at radius 1 is 0.700 bits per heavy atom. The van der Waals surface area contributed by atoms with E-state index in [-0.39, 0.29) is 30.5 Å². The molecule has 0 aromatic heterocycles. The lowest BCUT2D eigenvalue weighted by atomic mass is 10.0. The van der Waals surface area contributed by atoms with Gasteiger partial charge in [0.25, 0.3) is 11.8 Å². The fourth-order valence-electron chi connectivity index (χ4n) is 6.97. The van der Waals surface area contributed by atoms with Crippen LogP contribution in [0.4, 0.5) is 4.79 Å². The minimum absolute atomic E-state index is 0.0484. The van der Waals surface area contributed by atoms with E-state index in [4.69, 9.17) is 9.47 Å². The van der Waals surface area contributed by atoms with Crippen molar-refractivity contribution >= 4 is 23.8 Å². The molecule has 10 nitrogen and oxygen atoms in total. The average molecular weight is 673 g/mol. The van der Waals surface area contributed by atoms with Gasteiger partial charge in [0.2, 0.25) is 5.91 Å². The fraction of sp³-hybridized carbons (Fsp3) is 0.300. The van der Waals surface area contributed by atoms with Crippen LogP contribution in [0.15, 0.2) is 103 Å². The third kappa shape index (κ3) is 7.55. The quantitative estimate of drug-likeness (QED) is 0.122. The highest BCUT2D eigenvalue weighted by molar-refractivity contribution is 5.97. The number of ether oxygens (including phenoxy) is 2. The highest BCUT2D eigenvalue weighted by Crippen LogP contribution is 2.43. The predicted molar refractivity (Wildman–Crippen MR) is 187 cm³/mol. The zero-order valence-electron chi connectivity index (χ0n) is 27.6. The van der Waals surface area contributed by atoms with E-state index in [9.17, 15) is 19.2 Å². The summed E-state index contributed by atoms with van der Waals surface area (Å²) in [5.74, 6) is -1.17. The molecule has 0 saturated carbocycles. The molecule has 1 aliphatic heterocycles. The minimum atomic E-state index is -0.969. The first-order valence-corrected chi connectivity index (χ1v) is 17.2. The van der Waals surface area contributed by atoms with Crippen molar-refractivity contribution in [2.45, 2.75) is 69.0 Å². The van der Waals surface area contributed by atoms with E-state index < -0.39 is 30.3 Å². The Morgan fingerprint density at radius 2 is 1.30 bits per heavy atom. The lowest BCUT2D eigenvalue weighted by Crippen LogP contribution is -2.49. The van der Waals surface area contributed by atoms with Gasteiger partial charge in [-0.2, -0.15) is 0 Å². The van der Waals surface area contributed by atoms with Gasteiger partial charge in [-0.15, -0.1) is 0 Å². The average Bonchev–Trinajstić information content (AvgIpc) is 3.76. The summed E-state index contributed by atoms with van der Waals surface area (Å²) in [5, 5.41) is 11.8. The molecule has 1 fully saturated rings. The van der Waals surface area contributed by atoms with Crippen LogP contribution in [0, 0.1) is 0 Å². The number of benzene rings is 4. The summed E-state index contributed by atoms with van der Waals surface area (Å²) in [6, 6.07) is 32.1. The number of epoxide rings is 1. The summed E-state index contributed by atoms with van der Waals surface area (Å²) < 4.78 is 10.8. The Morgan fingerprint density at radius 3 is 1.98 bits per heavy atom. The van der Waals surface area contributed by atoms with Crippen molar-refractivity contribution in [2.24, 2.45) is 0 Å². The molecule has 7 rings (SSSR count). The van der Waals surface area contributed by atoms with Gasteiger partial charge in [-0.25, -0.2) is 4.79 Å². The Bertz CT molecular complexity index is 1810. The third-order valence-corrected chi connectivity index (χ3v) is 9.56. The highest BCUT2D eigenvalue weighted by Gasteiger charge is 2.51. The molecule has 4 amide bonds. The van der Waals surface area contributed by atoms with Crippen molar-refractivity contribution in [3.63, 3.8) is 0 Å². The number of carbonyl (C=O) groups excluding carboxylic acids is 4. The van der Waals surface area contributed by atoms with Crippen molar-refractivity contribution in [3.8, 4) is 11.1 Å². The molecule has 0 spiro atoms. The van der Waals surface area contributed by atoms with Gasteiger partial charge in [0, 0.05) is 12.6 Å². The number of hydrogen-bond donors (Lipinski definition) is 4. The van der Waals surface area contributed by atoms with Gasteiger partial charge in [0.15, 0.2) is 12.2 Å². The van der Waals surface area contributed by atoms with Crippen LogP contribution in [0.5, 0.6) is 0 Å². The number of amides is 4. The van der Waals surface area contributed by atoms with E-state index >= 15 is 0 Å². The van der Waals surface area contributed by atoms with Gasteiger partial charge in [-0.05, 0) is 71.0 Å². The number of carbonyl (C=O) groups is 4. The smallest absolute Gasteiger partial charge is 0.407 e. The largest absolute Gasteiger partial charge is 0.445 e. The molecule has 50 heavy (non-hydrogen) atoms. The van der Waals surface area contributed by atoms with Crippen LogP contribution in [0.3, 0.4) is 0 Å². The number of fused-ring (bicyclic) bond motifs is 4. The first kappa shape index (κ1) is 33.0. The Hall–Kier alpha value is -5.48. The van der Waals surface area contributed by atoms with Gasteiger partial charge in [-0.1, -0.05) is 103 Å². The molecule has 1 saturated heterocycles. The molecule has 2 aliphatic carbocycles. The van der Waals surface area contributed by atoms with E-state index in [1.54, 1.807) is 0 Å². The van der Waals surface area contributed by atoms with E-state index in [0.29, 0.717) is 25.8 Å². The topological polar surface area (TPSA) is 138 Å². The summed E-state index contributed by atoms with van der Waals surface area (Å²) in [6.45, 7) is 0.517. The molecule has 4 aromatic carbocycles. The summed E-state index contributed by atoms with van der Waals surface area (Å²) in [4.78, 5) is 52.5. The molecular formula is C40H40N4O6. The van der Waals surface area contributed by atoms with Gasteiger partial charge in [0.1, 0.15) is 12.6 Å². The van der Waals surface area contributed by atoms with Crippen LogP contribution in [-0.2, 0) is 43.3 Å². The maximum Gasteiger partial charge on any atom is 0.407 e. The monoisotopic (exact) mass is 672 g/mol. The Balaban J connectivity index is 0.951. The SMILES string of the molecule is O=C(NCCCC[C@H](NC(=O)[C@H]1O[C@@H]1C(=O)NC1Cc2ccccc2C1)C(=O)NC1c2ccccc2-c2ccccc21)OCc1ccccc1. The minimum Gasteiger partial charge on any atom is -0.445 e. The van der Waals surface area contributed by atoms with Gasteiger partial charge in [0.05, 0.1) is 6.04 Å². The molecule has 0 radical (unpaired) electrons. The van der Waals surface area contributed by atoms with E-state index in [0.717, 1.165) is 40.7 Å². The molecule has 0 unspecified atom stereocenters. The zero-order chi connectivity index (χ0) is 34.5. The summed E-state index contributed by atoms with van der Waals surface area (Å²) in [6.07, 6.45) is 0.494. The second kappa shape index (κ2) is 15.0. The van der Waals surface area contributed by atoms with Gasteiger partial charge in [-0.3, -0.25) is 14.4 Å².